The van der Waals surface area contributed by atoms with E-state index in [0.717, 1.165) is 36.8 Å². The first kappa shape index (κ1) is 19.3. The number of aliphatic hydroxyl groups is 1. The van der Waals surface area contributed by atoms with Gasteiger partial charge in [0.05, 0.1) is 17.8 Å². The molecule has 3 rings (SSSR count). The number of aliphatic hydroxyl groups excluding tert-OH is 1. The molecule has 6 heteroatoms. The highest BCUT2D eigenvalue weighted by atomic mass is 79.9. The van der Waals surface area contributed by atoms with Gasteiger partial charge in [0.1, 0.15) is 16.2 Å². The predicted molar refractivity (Wildman–Crippen MR) is 106 cm³/mol. The Bertz CT molecular complexity index is 894. The quantitative estimate of drug-likeness (QED) is 0.432. The highest BCUT2D eigenvalue weighted by Gasteiger charge is 2.37. The number of halogens is 1. The predicted octanol–water partition coefficient (Wildman–Crippen LogP) is 3.83. The Morgan fingerprint density at radius 1 is 1.26 bits per heavy atom. The molecule has 1 aromatic carbocycles. The van der Waals surface area contributed by atoms with E-state index < -0.39 is 11.4 Å². The van der Waals surface area contributed by atoms with E-state index >= 15 is 0 Å². The molecule has 0 aliphatic heterocycles. The minimum atomic E-state index is -0.480. The molecular formula is C21H20BrN3O2. The van der Waals surface area contributed by atoms with Gasteiger partial charge in [0.2, 0.25) is 0 Å². The number of carbonyl (C=O) groups is 1. The first-order chi connectivity index (χ1) is 13.1. The topological polar surface area (TPSA) is 86.0 Å². The van der Waals surface area contributed by atoms with Gasteiger partial charge < -0.3 is 10.4 Å². The van der Waals surface area contributed by atoms with Gasteiger partial charge in [0, 0.05) is 0 Å². The van der Waals surface area contributed by atoms with E-state index in [0.29, 0.717) is 10.3 Å². The maximum absolute atomic E-state index is 12.8. The lowest BCUT2D eigenvalue weighted by molar-refractivity contribution is -0.119. The molecule has 1 saturated carbocycles. The Hall–Kier alpha value is -2.49. The van der Waals surface area contributed by atoms with Crippen LogP contribution in [0.5, 0.6) is 0 Å². The van der Waals surface area contributed by atoms with Crippen LogP contribution in [0.4, 0.5) is 0 Å². The monoisotopic (exact) mass is 425 g/mol. The number of aromatic nitrogens is 1. The van der Waals surface area contributed by atoms with E-state index in [9.17, 15) is 15.2 Å². The van der Waals surface area contributed by atoms with Gasteiger partial charge in [-0.1, -0.05) is 43.2 Å². The Labute approximate surface area is 166 Å². The van der Waals surface area contributed by atoms with Crippen molar-refractivity contribution < 1.29 is 9.90 Å². The standard InChI is InChI=1S/C21H20BrN3O2/c22-19-5-3-4-18(24-19)12-16(13-23)20(27)25-21(10-1-2-11-21)17-8-6-15(14-26)7-9-17/h3-9,12,26H,1-2,10-11,14H2,(H,25,27). The third kappa shape index (κ3) is 4.44. The number of nitriles is 1. The Morgan fingerprint density at radius 2 is 1.96 bits per heavy atom. The minimum Gasteiger partial charge on any atom is -0.392 e. The molecular weight excluding hydrogens is 406 g/mol. The van der Waals surface area contributed by atoms with Crippen molar-refractivity contribution in [2.45, 2.75) is 37.8 Å². The van der Waals surface area contributed by atoms with Crippen molar-refractivity contribution in [2.75, 3.05) is 0 Å². The van der Waals surface area contributed by atoms with Gasteiger partial charge in [-0.05, 0) is 58.1 Å². The molecule has 0 saturated heterocycles. The van der Waals surface area contributed by atoms with Gasteiger partial charge in [-0.2, -0.15) is 5.26 Å². The molecule has 138 valence electrons. The number of nitrogens with one attached hydrogen (secondary N) is 1. The molecule has 1 aliphatic rings. The molecule has 0 spiro atoms. The second-order valence-corrected chi connectivity index (χ2v) is 7.47. The number of benzene rings is 1. The van der Waals surface area contributed by atoms with Crippen molar-refractivity contribution in [3.63, 3.8) is 0 Å². The van der Waals surface area contributed by atoms with E-state index in [1.165, 1.54) is 6.08 Å². The lowest BCUT2D eigenvalue weighted by Crippen LogP contribution is -2.44. The van der Waals surface area contributed by atoms with Crippen LogP contribution < -0.4 is 5.32 Å². The van der Waals surface area contributed by atoms with Crippen LogP contribution in [0.3, 0.4) is 0 Å². The summed E-state index contributed by atoms with van der Waals surface area (Å²) in [5.74, 6) is -0.396. The molecule has 5 nitrogen and oxygen atoms in total. The van der Waals surface area contributed by atoms with Crippen molar-refractivity contribution in [3.05, 3.63) is 69.5 Å². The second kappa shape index (κ2) is 8.47. The summed E-state index contributed by atoms with van der Waals surface area (Å²) in [6.07, 6.45) is 5.18. The first-order valence-corrected chi connectivity index (χ1v) is 9.63. The number of hydrogen-bond acceptors (Lipinski definition) is 4. The summed E-state index contributed by atoms with van der Waals surface area (Å²) in [5, 5.41) is 21.8. The number of rotatable bonds is 5. The van der Waals surface area contributed by atoms with Crippen molar-refractivity contribution in [1.29, 1.82) is 5.26 Å². The second-order valence-electron chi connectivity index (χ2n) is 6.65. The van der Waals surface area contributed by atoms with E-state index in [1.807, 2.05) is 30.3 Å². The van der Waals surface area contributed by atoms with Crippen molar-refractivity contribution in [3.8, 4) is 6.07 Å². The number of pyridine rings is 1. The zero-order valence-corrected chi connectivity index (χ0v) is 16.4. The number of nitrogens with zero attached hydrogens (tertiary/aromatic N) is 2. The summed E-state index contributed by atoms with van der Waals surface area (Å²) in [7, 11) is 0. The minimum absolute atomic E-state index is 0.0133. The summed E-state index contributed by atoms with van der Waals surface area (Å²) >= 11 is 3.29. The summed E-state index contributed by atoms with van der Waals surface area (Å²) < 4.78 is 0.644. The zero-order chi connectivity index (χ0) is 19.3. The van der Waals surface area contributed by atoms with Crippen LogP contribution in [0.15, 0.2) is 52.6 Å². The molecule has 2 N–H and O–H groups in total. The number of amides is 1. The van der Waals surface area contributed by atoms with E-state index in [-0.39, 0.29) is 12.2 Å². The van der Waals surface area contributed by atoms with Gasteiger partial charge in [-0.3, -0.25) is 4.79 Å². The summed E-state index contributed by atoms with van der Waals surface area (Å²) in [6.45, 7) is -0.0133. The number of hydrogen-bond donors (Lipinski definition) is 2. The molecule has 0 unspecified atom stereocenters. The fourth-order valence-electron chi connectivity index (χ4n) is 3.48. The van der Waals surface area contributed by atoms with Crippen LogP contribution in [0.2, 0.25) is 0 Å². The molecule has 0 bridgehead atoms. The van der Waals surface area contributed by atoms with E-state index in [4.69, 9.17) is 0 Å². The summed E-state index contributed by atoms with van der Waals surface area (Å²) in [5.41, 5.74) is 1.92. The van der Waals surface area contributed by atoms with Gasteiger partial charge in [-0.25, -0.2) is 4.98 Å². The van der Waals surface area contributed by atoms with Crippen LogP contribution in [-0.4, -0.2) is 16.0 Å². The first-order valence-electron chi connectivity index (χ1n) is 8.83. The third-order valence-corrected chi connectivity index (χ3v) is 5.33. The summed E-state index contributed by atoms with van der Waals surface area (Å²) in [4.78, 5) is 17.1. The van der Waals surface area contributed by atoms with Crippen LogP contribution in [0, 0.1) is 11.3 Å². The summed E-state index contributed by atoms with van der Waals surface area (Å²) in [6, 6.07) is 15.0. The molecule has 0 radical (unpaired) electrons. The average molecular weight is 426 g/mol. The van der Waals surface area contributed by atoms with Crippen molar-refractivity contribution >= 4 is 27.9 Å². The van der Waals surface area contributed by atoms with E-state index in [1.54, 1.807) is 18.2 Å². The Morgan fingerprint density at radius 3 is 2.56 bits per heavy atom. The molecule has 27 heavy (non-hydrogen) atoms. The maximum Gasteiger partial charge on any atom is 0.262 e. The number of carbonyl (C=O) groups excluding carboxylic acids is 1. The Kier molecular flexibility index (Phi) is 6.04. The largest absolute Gasteiger partial charge is 0.392 e. The smallest absolute Gasteiger partial charge is 0.262 e. The Balaban J connectivity index is 1.87. The zero-order valence-electron chi connectivity index (χ0n) is 14.8. The molecule has 1 aromatic heterocycles. The van der Waals surface area contributed by atoms with Crippen molar-refractivity contribution in [1.82, 2.24) is 10.3 Å². The molecule has 0 atom stereocenters. The fraction of sp³-hybridized carbons (Fsp3) is 0.286. The van der Waals surface area contributed by atoms with Crippen LogP contribution in [-0.2, 0) is 16.9 Å². The highest BCUT2D eigenvalue weighted by molar-refractivity contribution is 9.10. The maximum atomic E-state index is 12.8. The van der Waals surface area contributed by atoms with Crippen LogP contribution in [0.1, 0.15) is 42.5 Å². The van der Waals surface area contributed by atoms with Gasteiger partial charge in [-0.15, -0.1) is 0 Å². The van der Waals surface area contributed by atoms with Crippen LogP contribution >= 0.6 is 15.9 Å². The average Bonchev–Trinajstić information content (AvgIpc) is 3.15. The molecule has 1 fully saturated rings. The van der Waals surface area contributed by atoms with Crippen molar-refractivity contribution in [2.24, 2.45) is 0 Å². The van der Waals surface area contributed by atoms with Crippen LogP contribution in [0.25, 0.3) is 6.08 Å². The fourth-order valence-corrected chi connectivity index (χ4v) is 3.84. The third-order valence-electron chi connectivity index (χ3n) is 4.89. The normalized spacial score (nSPS) is 16.0. The lowest BCUT2D eigenvalue weighted by Gasteiger charge is -2.31. The molecule has 2 aromatic rings. The van der Waals surface area contributed by atoms with E-state index in [2.05, 4.69) is 26.2 Å². The van der Waals surface area contributed by atoms with Gasteiger partial charge in [0.15, 0.2) is 0 Å². The molecule has 1 amide bonds. The molecule has 1 aliphatic carbocycles. The SMILES string of the molecule is N#CC(=Cc1cccc(Br)n1)C(=O)NC1(c2ccc(CO)cc2)CCCC1. The van der Waals surface area contributed by atoms with Gasteiger partial charge >= 0.3 is 0 Å². The highest BCUT2D eigenvalue weighted by Crippen LogP contribution is 2.39. The van der Waals surface area contributed by atoms with Gasteiger partial charge in [0.25, 0.3) is 5.91 Å². The molecule has 1 heterocycles. The lowest BCUT2D eigenvalue weighted by atomic mass is 9.87.